The Morgan fingerprint density at radius 3 is 2.33 bits per heavy atom. The van der Waals surface area contributed by atoms with Gasteiger partial charge in [0.1, 0.15) is 0 Å². The largest absolute Gasteiger partial charge is 0.348 e. The van der Waals surface area contributed by atoms with E-state index in [0.29, 0.717) is 28.4 Å². The minimum Gasteiger partial charge on any atom is -0.348 e. The molecule has 2 amide bonds. The highest BCUT2D eigenvalue weighted by atomic mass is 79.9. The lowest BCUT2D eigenvalue weighted by Crippen LogP contribution is -2.25. The van der Waals surface area contributed by atoms with Crippen molar-refractivity contribution >= 4 is 45.0 Å². The fourth-order valence-electron chi connectivity index (χ4n) is 2.52. The van der Waals surface area contributed by atoms with E-state index in [1.54, 1.807) is 42.5 Å². The van der Waals surface area contributed by atoms with Gasteiger partial charge in [0.05, 0.1) is 21.8 Å². The molecule has 0 fully saturated rings. The summed E-state index contributed by atoms with van der Waals surface area (Å²) >= 11 is 9.44. The Hall–Kier alpha value is -2.63. The fourth-order valence-corrected chi connectivity index (χ4v) is 3.09. The molecule has 0 saturated heterocycles. The summed E-state index contributed by atoms with van der Waals surface area (Å²) in [6.07, 6.45) is 0. The maximum atomic E-state index is 12.6. The molecule has 0 spiro atoms. The van der Waals surface area contributed by atoms with Gasteiger partial charge in [0.2, 0.25) is 0 Å². The summed E-state index contributed by atoms with van der Waals surface area (Å²) in [5.74, 6) is -0.653. The van der Waals surface area contributed by atoms with Gasteiger partial charge in [-0.3, -0.25) is 9.59 Å². The highest BCUT2D eigenvalue weighted by Gasteiger charge is 2.16. The highest BCUT2D eigenvalue weighted by Crippen LogP contribution is 2.23. The van der Waals surface area contributed by atoms with Crippen LogP contribution in [0.15, 0.2) is 77.3 Å². The van der Waals surface area contributed by atoms with Gasteiger partial charge < -0.3 is 10.6 Å². The van der Waals surface area contributed by atoms with Crippen molar-refractivity contribution in [1.82, 2.24) is 5.32 Å². The number of halogens is 2. The molecule has 0 aliphatic heterocycles. The fraction of sp³-hybridized carbons (Fsp3) is 0.0476. The SMILES string of the molecule is O=C(Nc1ccccc1C(=O)NCc1ccccc1)c1cc(Br)ccc1Cl. The van der Waals surface area contributed by atoms with Crippen LogP contribution in [-0.2, 0) is 6.54 Å². The van der Waals surface area contributed by atoms with Crippen molar-refractivity contribution in [2.45, 2.75) is 6.54 Å². The quantitative estimate of drug-likeness (QED) is 0.563. The zero-order chi connectivity index (χ0) is 19.2. The van der Waals surface area contributed by atoms with E-state index in [2.05, 4.69) is 26.6 Å². The number of carbonyl (C=O) groups excluding carboxylic acids is 2. The first-order valence-corrected chi connectivity index (χ1v) is 9.39. The summed E-state index contributed by atoms with van der Waals surface area (Å²) in [4.78, 5) is 25.2. The standard InChI is InChI=1S/C21H16BrClN2O2/c22-15-10-11-18(23)17(12-15)21(27)25-19-9-5-4-8-16(19)20(26)24-13-14-6-2-1-3-7-14/h1-12H,13H2,(H,24,26)(H,25,27). The zero-order valence-electron chi connectivity index (χ0n) is 14.2. The molecule has 3 aromatic rings. The second-order valence-electron chi connectivity index (χ2n) is 5.79. The molecule has 0 radical (unpaired) electrons. The van der Waals surface area contributed by atoms with Crippen molar-refractivity contribution in [3.8, 4) is 0 Å². The molecule has 0 unspecified atom stereocenters. The third kappa shape index (κ3) is 4.96. The third-order valence-corrected chi connectivity index (χ3v) is 4.71. The highest BCUT2D eigenvalue weighted by molar-refractivity contribution is 9.10. The van der Waals surface area contributed by atoms with E-state index < -0.39 is 0 Å². The maximum Gasteiger partial charge on any atom is 0.257 e. The molecule has 0 saturated carbocycles. The summed E-state index contributed by atoms with van der Waals surface area (Å²) in [5, 5.41) is 5.97. The molecular weight excluding hydrogens is 428 g/mol. The van der Waals surface area contributed by atoms with Crippen molar-refractivity contribution in [2.75, 3.05) is 5.32 Å². The lowest BCUT2D eigenvalue weighted by atomic mass is 10.1. The van der Waals surface area contributed by atoms with Crippen LogP contribution in [0.5, 0.6) is 0 Å². The van der Waals surface area contributed by atoms with Gasteiger partial charge in [-0.2, -0.15) is 0 Å². The van der Waals surface area contributed by atoms with Crippen LogP contribution < -0.4 is 10.6 Å². The molecule has 0 aromatic heterocycles. The van der Waals surface area contributed by atoms with Gasteiger partial charge in [-0.05, 0) is 35.9 Å². The smallest absolute Gasteiger partial charge is 0.257 e. The Bertz CT molecular complexity index is 977. The number of anilines is 1. The summed E-state index contributed by atoms with van der Waals surface area (Å²) in [6.45, 7) is 0.402. The summed E-state index contributed by atoms with van der Waals surface area (Å²) in [5.41, 5.74) is 2.12. The molecule has 27 heavy (non-hydrogen) atoms. The Labute approximate surface area is 170 Å². The molecule has 3 rings (SSSR count). The molecule has 0 heterocycles. The molecule has 4 nitrogen and oxygen atoms in total. The summed E-state index contributed by atoms with van der Waals surface area (Å²) in [6, 6.07) is 21.5. The molecule has 136 valence electrons. The first kappa shape index (κ1) is 19.1. The average molecular weight is 444 g/mol. The normalized spacial score (nSPS) is 10.3. The molecule has 0 aliphatic rings. The minimum absolute atomic E-state index is 0.268. The number of hydrogen-bond acceptors (Lipinski definition) is 2. The van der Waals surface area contributed by atoms with Crippen molar-refractivity contribution < 1.29 is 9.59 Å². The maximum absolute atomic E-state index is 12.6. The van der Waals surface area contributed by atoms with E-state index in [0.717, 1.165) is 10.0 Å². The molecule has 2 N–H and O–H groups in total. The molecule has 0 bridgehead atoms. The van der Waals surface area contributed by atoms with Crippen LogP contribution in [0, 0.1) is 0 Å². The van der Waals surface area contributed by atoms with Crippen LogP contribution in [0.3, 0.4) is 0 Å². The van der Waals surface area contributed by atoms with Gasteiger partial charge in [-0.1, -0.05) is 70.0 Å². The molecular formula is C21H16BrClN2O2. The van der Waals surface area contributed by atoms with Gasteiger partial charge in [-0.15, -0.1) is 0 Å². The lowest BCUT2D eigenvalue weighted by molar-refractivity contribution is 0.0952. The summed E-state index contributed by atoms with van der Waals surface area (Å²) < 4.78 is 0.742. The van der Waals surface area contributed by atoms with Crippen molar-refractivity contribution in [1.29, 1.82) is 0 Å². The Morgan fingerprint density at radius 2 is 1.56 bits per heavy atom. The number of amides is 2. The molecule has 0 atom stereocenters. The monoisotopic (exact) mass is 442 g/mol. The first-order chi connectivity index (χ1) is 13.0. The molecule has 3 aromatic carbocycles. The Balaban J connectivity index is 1.76. The van der Waals surface area contributed by atoms with Crippen LogP contribution in [-0.4, -0.2) is 11.8 Å². The van der Waals surface area contributed by atoms with E-state index >= 15 is 0 Å². The molecule has 6 heteroatoms. The van der Waals surface area contributed by atoms with E-state index in [1.807, 2.05) is 30.3 Å². The number of benzene rings is 3. The van der Waals surface area contributed by atoms with Crippen molar-refractivity contribution in [3.63, 3.8) is 0 Å². The van der Waals surface area contributed by atoms with Crippen LogP contribution in [0.25, 0.3) is 0 Å². The predicted octanol–water partition coefficient (Wildman–Crippen LogP) is 5.28. The number of nitrogens with one attached hydrogen (secondary N) is 2. The number of rotatable bonds is 5. The number of hydrogen-bond donors (Lipinski definition) is 2. The van der Waals surface area contributed by atoms with Gasteiger partial charge in [-0.25, -0.2) is 0 Å². The van der Waals surface area contributed by atoms with Crippen LogP contribution in [0.2, 0.25) is 5.02 Å². The van der Waals surface area contributed by atoms with E-state index in [4.69, 9.17) is 11.6 Å². The van der Waals surface area contributed by atoms with Crippen LogP contribution in [0.1, 0.15) is 26.3 Å². The third-order valence-electron chi connectivity index (χ3n) is 3.89. The van der Waals surface area contributed by atoms with Gasteiger partial charge >= 0.3 is 0 Å². The lowest BCUT2D eigenvalue weighted by Gasteiger charge is -2.12. The van der Waals surface area contributed by atoms with E-state index in [9.17, 15) is 9.59 Å². The average Bonchev–Trinajstić information content (AvgIpc) is 2.69. The van der Waals surface area contributed by atoms with Crippen molar-refractivity contribution in [2.24, 2.45) is 0 Å². The zero-order valence-corrected chi connectivity index (χ0v) is 16.5. The predicted molar refractivity (Wildman–Crippen MR) is 111 cm³/mol. The summed E-state index contributed by atoms with van der Waals surface area (Å²) in [7, 11) is 0. The minimum atomic E-state index is -0.385. The van der Waals surface area contributed by atoms with Crippen LogP contribution in [0.4, 0.5) is 5.69 Å². The Morgan fingerprint density at radius 1 is 0.852 bits per heavy atom. The van der Waals surface area contributed by atoms with E-state index in [1.165, 1.54) is 0 Å². The Kier molecular flexibility index (Phi) is 6.27. The van der Waals surface area contributed by atoms with Crippen LogP contribution >= 0.6 is 27.5 Å². The second kappa shape index (κ2) is 8.84. The number of carbonyl (C=O) groups is 2. The van der Waals surface area contributed by atoms with Crippen molar-refractivity contribution in [3.05, 3.63) is 99.0 Å². The van der Waals surface area contributed by atoms with Gasteiger partial charge in [0.15, 0.2) is 0 Å². The van der Waals surface area contributed by atoms with E-state index in [-0.39, 0.29) is 11.8 Å². The van der Waals surface area contributed by atoms with Gasteiger partial charge in [0, 0.05) is 11.0 Å². The second-order valence-corrected chi connectivity index (χ2v) is 7.12. The first-order valence-electron chi connectivity index (χ1n) is 8.22. The molecule has 0 aliphatic carbocycles. The number of para-hydroxylation sites is 1. The topological polar surface area (TPSA) is 58.2 Å². The van der Waals surface area contributed by atoms with Gasteiger partial charge in [0.25, 0.3) is 11.8 Å².